The van der Waals surface area contributed by atoms with Gasteiger partial charge in [-0.15, -0.1) is 0 Å². The summed E-state index contributed by atoms with van der Waals surface area (Å²) >= 11 is 0. The van der Waals surface area contributed by atoms with Crippen LogP contribution in [0.25, 0.3) is 0 Å². The van der Waals surface area contributed by atoms with Gasteiger partial charge >= 0.3 is 0 Å². The molecular weight excluding hydrogens is 212 g/mol. The van der Waals surface area contributed by atoms with Crippen LogP contribution >= 0.6 is 0 Å². The predicted octanol–water partition coefficient (Wildman–Crippen LogP) is 1.87. The predicted molar refractivity (Wildman–Crippen MR) is 69.9 cm³/mol. The molecule has 0 aromatic heterocycles. The maximum atomic E-state index is 9.69. The zero-order valence-corrected chi connectivity index (χ0v) is 10.1. The van der Waals surface area contributed by atoms with Crippen molar-refractivity contribution in [3.05, 3.63) is 24.3 Å². The number of benzene rings is 1. The number of aliphatic hydroxyl groups excluding tert-OH is 1. The van der Waals surface area contributed by atoms with Gasteiger partial charge in [0.25, 0.3) is 0 Å². The lowest BCUT2D eigenvalue weighted by Gasteiger charge is -2.26. The van der Waals surface area contributed by atoms with Crippen LogP contribution in [-0.2, 0) is 0 Å². The summed E-state index contributed by atoms with van der Waals surface area (Å²) in [6.45, 7) is 2.42. The monoisotopic (exact) mass is 232 g/mol. The second-order valence-electron chi connectivity index (χ2n) is 5.58. The number of aliphatic hydroxyl groups is 1. The average molecular weight is 232 g/mol. The van der Waals surface area contributed by atoms with Crippen LogP contribution in [0.2, 0.25) is 0 Å². The minimum absolute atomic E-state index is 0.168. The van der Waals surface area contributed by atoms with Gasteiger partial charge < -0.3 is 15.7 Å². The van der Waals surface area contributed by atoms with Gasteiger partial charge in [0.05, 0.1) is 6.61 Å². The van der Waals surface area contributed by atoms with Crippen molar-refractivity contribution >= 4 is 11.4 Å². The van der Waals surface area contributed by atoms with E-state index in [0.717, 1.165) is 18.8 Å². The Labute approximate surface area is 102 Å². The Hall–Kier alpha value is -1.22. The smallest absolute Gasteiger partial charge is 0.0507 e. The highest BCUT2D eigenvalue weighted by atomic mass is 16.3. The molecule has 92 valence electrons. The first-order valence-electron chi connectivity index (χ1n) is 6.45. The molecule has 1 saturated carbocycles. The van der Waals surface area contributed by atoms with Gasteiger partial charge in [-0.2, -0.15) is 0 Å². The summed E-state index contributed by atoms with van der Waals surface area (Å²) in [6.07, 6.45) is 3.73. The summed E-state index contributed by atoms with van der Waals surface area (Å²) in [5.74, 6) is 0.671. The van der Waals surface area contributed by atoms with E-state index in [9.17, 15) is 5.11 Å². The van der Waals surface area contributed by atoms with Crippen LogP contribution in [0.1, 0.15) is 19.3 Å². The molecule has 0 spiro atoms. The highest BCUT2D eigenvalue weighted by Gasteiger charge is 2.48. The van der Waals surface area contributed by atoms with E-state index in [2.05, 4.69) is 17.0 Å². The first kappa shape index (κ1) is 10.9. The summed E-state index contributed by atoms with van der Waals surface area (Å²) in [6, 6.07) is 8.08. The zero-order chi connectivity index (χ0) is 11.9. The maximum Gasteiger partial charge on any atom is 0.0507 e. The normalized spacial score (nSPS) is 31.8. The van der Waals surface area contributed by atoms with Gasteiger partial charge in [0.2, 0.25) is 0 Å². The SMILES string of the molecule is Nc1ccc(N2C[C@@H]3CCC[C@@]3(CO)C2)cc1. The molecule has 3 rings (SSSR count). The van der Waals surface area contributed by atoms with Gasteiger partial charge in [0.1, 0.15) is 0 Å². The summed E-state index contributed by atoms with van der Waals surface area (Å²) in [7, 11) is 0. The molecule has 1 aliphatic carbocycles. The van der Waals surface area contributed by atoms with Crippen LogP contribution in [0.15, 0.2) is 24.3 Å². The standard InChI is InChI=1S/C14H20N2O/c15-12-3-5-13(6-4-12)16-8-11-2-1-7-14(11,9-16)10-17/h3-6,11,17H,1-2,7-10,15H2/t11-,14-/m0/s1. The Bertz CT molecular complexity index is 403. The average Bonchev–Trinajstić information content (AvgIpc) is 2.86. The van der Waals surface area contributed by atoms with E-state index < -0.39 is 0 Å². The molecule has 1 aromatic carbocycles. The molecule has 1 saturated heterocycles. The van der Waals surface area contributed by atoms with Crippen LogP contribution in [-0.4, -0.2) is 24.8 Å². The molecule has 0 unspecified atom stereocenters. The molecule has 1 heterocycles. The van der Waals surface area contributed by atoms with Crippen molar-refractivity contribution in [3.8, 4) is 0 Å². The molecule has 1 aliphatic heterocycles. The Morgan fingerprint density at radius 1 is 1.35 bits per heavy atom. The van der Waals surface area contributed by atoms with Gasteiger partial charge in [-0.1, -0.05) is 6.42 Å². The number of fused-ring (bicyclic) bond motifs is 1. The van der Waals surface area contributed by atoms with E-state index in [1.54, 1.807) is 0 Å². The van der Waals surface area contributed by atoms with Crippen molar-refractivity contribution in [2.75, 3.05) is 30.3 Å². The van der Waals surface area contributed by atoms with Crippen molar-refractivity contribution < 1.29 is 5.11 Å². The number of hydrogen-bond acceptors (Lipinski definition) is 3. The summed E-state index contributed by atoms with van der Waals surface area (Å²) in [5.41, 5.74) is 7.93. The maximum absolute atomic E-state index is 9.69. The summed E-state index contributed by atoms with van der Waals surface area (Å²) in [5, 5.41) is 9.69. The Morgan fingerprint density at radius 2 is 2.12 bits per heavy atom. The molecule has 2 fully saturated rings. The van der Waals surface area contributed by atoms with Crippen LogP contribution in [0.5, 0.6) is 0 Å². The lowest BCUT2D eigenvalue weighted by molar-refractivity contribution is 0.121. The van der Waals surface area contributed by atoms with Crippen molar-refractivity contribution in [1.82, 2.24) is 0 Å². The molecule has 0 radical (unpaired) electrons. The quantitative estimate of drug-likeness (QED) is 0.765. The molecule has 1 aromatic rings. The Kier molecular flexibility index (Phi) is 2.51. The Balaban J connectivity index is 1.82. The van der Waals surface area contributed by atoms with E-state index in [4.69, 9.17) is 5.73 Å². The third-order valence-corrected chi connectivity index (χ3v) is 4.61. The van der Waals surface area contributed by atoms with Crippen LogP contribution in [0.3, 0.4) is 0 Å². The summed E-state index contributed by atoms with van der Waals surface area (Å²) < 4.78 is 0. The van der Waals surface area contributed by atoms with E-state index in [-0.39, 0.29) is 5.41 Å². The highest BCUT2D eigenvalue weighted by molar-refractivity contribution is 5.54. The highest BCUT2D eigenvalue weighted by Crippen LogP contribution is 2.49. The number of rotatable bonds is 2. The minimum Gasteiger partial charge on any atom is -0.399 e. The van der Waals surface area contributed by atoms with Crippen molar-refractivity contribution in [2.45, 2.75) is 19.3 Å². The fourth-order valence-corrected chi connectivity index (χ4v) is 3.55. The molecule has 3 heteroatoms. The third-order valence-electron chi connectivity index (χ3n) is 4.61. The Morgan fingerprint density at radius 3 is 2.76 bits per heavy atom. The van der Waals surface area contributed by atoms with Crippen molar-refractivity contribution in [3.63, 3.8) is 0 Å². The van der Waals surface area contributed by atoms with Gasteiger partial charge in [-0.3, -0.25) is 0 Å². The largest absolute Gasteiger partial charge is 0.399 e. The molecule has 3 N–H and O–H groups in total. The van der Waals surface area contributed by atoms with Crippen LogP contribution in [0, 0.1) is 11.3 Å². The van der Waals surface area contributed by atoms with E-state index in [0.29, 0.717) is 12.5 Å². The first-order chi connectivity index (χ1) is 8.23. The van der Waals surface area contributed by atoms with Crippen LogP contribution in [0.4, 0.5) is 11.4 Å². The first-order valence-corrected chi connectivity index (χ1v) is 6.45. The number of hydrogen-bond donors (Lipinski definition) is 2. The molecule has 0 amide bonds. The summed E-state index contributed by atoms with van der Waals surface area (Å²) in [4.78, 5) is 2.40. The number of nitrogens with two attached hydrogens (primary N) is 1. The van der Waals surface area contributed by atoms with Gasteiger partial charge in [0, 0.05) is 29.9 Å². The number of anilines is 2. The second-order valence-corrected chi connectivity index (χ2v) is 5.58. The lowest BCUT2D eigenvalue weighted by atomic mass is 9.82. The van der Waals surface area contributed by atoms with E-state index in [1.165, 1.54) is 24.9 Å². The fourth-order valence-electron chi connectivity index (χ4n) is 3.55. The van der Waals surface area contributed by atoms with Crippen molar-refractivity contribution in [1.29, 1.82) is 0 Å². The molecule has 3 nitrogen and oxygen atoms in total. The molecule has 2 atom stereocenters. The zero-order valence-electron chi connectivity index (χ0n) is 10.1. The van der Waals surface area contributed by atoms with Crippen LogP contribution < -0.4 is 10.6 Å². The minimum atomic E-state index is 0.168. The van der Waals surface area contributed by atoms with E-state index in [1.807, 2.05) is 12.1 Å². The van der Waals surface area contributed by atoms with E-state index >= 15 is 0 Å². The lowest BCUT2D eigenvalue weighted by Crippen LogP contribution is -2.30. The number of nitrogens with zero attached hydrogens (tertiary/aromatic N) is 1. The number of nitrogen functional groups attached to an aromatic ring is 1. The van der Waals surface area contributed by atoms with Gasteiger partial charge in [0.15, 0.2) is 0 Å². The molecule has 2 aliphatic rings. The fraction of sp³-hybridized carbons (Fsp3) is 0.571. The molecule has 0 bridgehead atoms. The third kappa shape index (κ3) is 1.69. The van der Waals surface area contributed by atoms with Gasteiger partial charge in [-0.25, -0.2) is 0 Å². The topological polar surface area (TPSA) is 49.5 Å². The second kappa shape index (κ2) is 3.91. The molecule has 17 heavy (non-hydrogen) atoms. The van der Waals surface area contributed by atoms with Gasteiger partial charge in [-0.05, 0) is 43.0 Å². The van der Waals surface area contributed by atoms with Crippen molar-refractivity contribution in [2.24, 2.45) is 11.3 Å². The molecular formula is C14H20N2O.